The summed E-state index contributed by atoms with van der Waals surface area (Å²) in [7, 11) is 1.69. The Balaban J connectivity index is 2.19. The van der Waals surface area contributed by atoms with Gasteiger partial charge in [0.1, 0.15) is 0 Å². The second kappa shape index (κ2) is 5.89. The van der Waals surface area contributed by atoms with Crippen molar-refractivity contribution in [3.8, 4) is 11.5 Å². The molecule has 1 heterocycles. The molecular weight excluding hydrogens is 218 g/mol. The second-order valence-corrected chi connectivity index (χ2v) is 4.12. The smallest absolute Gasteiger partial charge is 0.231 e. The van der Waals surface area contributed by atoms with Gasteiger partial charge in [0.15, 0.2) is 11.5 Å². The molecule has 0 aliphatic carbocycles. The van der Waals surface area contributed by atoms with Crippen molar-refractivity contribution >= 4 is 0 Å². The van der Waals surface area contributed by atoms with Crippen molar-refractivity contribution in [2.75, 3.05) is 20.4 Å². The molecular formula is C13H19NO3. The summed E-state index contributed by atoms with van der Waals surface area (Å²) in [6.45, 7) is 1.60. The topological polar surface area (TPSA) is 53.7 Å². The van der Waals surface area contributed by atoms with Gasteiger partial charge in [0, 0.05) is 12.7 Å². The molecule has 0 spiro atoms. The van der Waals surface area contributed by atoms with Gasteiger partial charge in [-0.2, -0.15) is 0 Å². The first-order valence-electron chi connectivity index (χ1n) is 5.96. The quantitative estimate of drug-likeness (QED) is 0.767. The van der Waals surface area contributed by atoms with Crippen LogP contribution < -0.4 is 15.2 Å². The number of ether oxygens (including phenoxy) is 3. The Bertz CT molecular complexity index is 379. The van der Waals surface area contributed by atoms with E-state index < -0.39 is 0 Å². The summed E-state index contributed by atoms with van der Waals surface area (Å²) in [5, 5.41) is 0. The van der Waals surface area contributed by atoms with E-state index >= 15 is 0 Å². The van der Waals surface area contributed by atoms with Crippen molar-refractivity contribution in [2.24, 2.45) is 5.73 Å². The zero-order valence-electron chi connectivity index (χ0n) is 10.2. The van der Waals surface area contributed by atoms with Crippen LogP contribution in [-0.2, 0) is 17.8 Å². The molecule has 0 saturated carbocycles. The predicted molar refractivity (Wildman–Crippen MR) is 65.3 cm³/mol. The van der Waals surface area contributed by atoms with Crippen LogP contribution in [0.2, 0.25) is 0 Å². The third-order valence-corrected chi connectivity index (χ3v) is 2.93. The van der Waals surface area contributed by atoms with E-state index in [-0.39, 0.29) is 0 Å². The molecule has 0 fully saturated rings. The van der Waals surface area contributed by atoms with Gasteiger partial charge >= 0.3 is 0 Å². The maximum atomic E-state index is 5.51. The molecule has 1 aromatic rings. The van der Waals surface area contributed by atoms with Gasteiger partial charge in [-0.3, -0.25) is 0 Å². The fourth-order valence-corrected chi connectivity index (χ4v) is 2.07. The normalized spacial score (nSPS) is 13.1. The number of hydrogen-bond acceptors (Lipinski definition) is 4. The molecule has 0 radical (unpaired) electrons. The number of fused-ring (bicyclic) bond motifs is 1. The number of benzene rings is 1. The van der Waals surface area contributed by atoms with Gasteiger partial charge < -0.3 is 19.9 Å². The maximum absolute atomic E-state index is 5.51. The summed E-state index contributed by atoms with van der Waals surface area (Å²) < 4.78 is 16.1. The van der Waals surface area contributed by atoms with Crippen LogP contribution in [0.4, 0.5) is 0 Å². The summed E-state index contributed by atoms with van der Waals surface area (Å²) in [5.74, 6) is 1.66. The van der Waals surface area contributed by atoms with E-state index in [0.29, 0.717) is 13.4 Å². The SMILES string of the molecule is COCc1c(CCCCN)ccc2c1OCO2. The van der Waals surface area contributed by atoms with Crippen molar-refractivity contribution in [3.63, 3.8) is 0 Å². The minimum absolute atomic E-state index is 0.304. The highest BCUT2D eigenvalue weighted by Crippen LogP contribution is 2.38. The summed E-state index contributed by atoms with van der Waals surface area (Å²) >= 11 is 0. The summed E-state index contributed by atoms with van der Waals surface area (Å²) in [6.07, 6.45) is 3.14. The zero-order chi connectivity index (χ0) is 12.1. The Kier molecular flexibility index (Phi) is 4.23. The van der Waals surface area contributed by atoms with Crippen molar-refractivity contribution in [1.82, 2.24) is 0 Å². The molecule has 2 N–H and O–H groups in total. The molecule has 17 heavy (non-hydrogen) atoms. The number of nitrogens with two attached hydrogens (primary N) is 1. The van der Waals surface area contributed by atoms with Gasteiger partial charge in [0.05, 0.1) is 6.61 Å². The third-order valence-electron chi connectivity index (χ3n) is 2.93. The van der Waals surface area contributed by atoms with Gasteiger partial charge in [-0.1, -0.05) is 6.07 Å². The fraction of sp³-hybridized carbons (Fsp3) is 0.538. The Labute approximate surface area is 102 Å². The molecule has 0 bridgehead atoms. The average Bonchev–Trinajstić information content (AvgIpc) is 2.80. The van der Waals surface area contributed by atoms with Crippen LogP contribution in [0.15, 0.2) is 12.1 Å². The largest absolute Gasteiger partial charge is 0.454 e. The van der Waals surface area contributed by atoms with Crippen LogP contribution in [0.25, 0.3) is 0 Å². The lowest BCUT2D eigenvalue weighted by Crippen LogP contribution is -2.02. The molecule has 4 heteroatoms. The Morgan fingerprint density at radius 3 is 2.94 bits per heavy atom. The van der Waals surface area contributed by atoms with Crippen LogP contribution in [0, 0.1) is 0 Å². The van der Waals surface area contributed by atoms with Crippen molar-refractivity contribution in [3.05, 3.63) is 23.3 Å². The van der Waals surface area contributed by atoms with E-state index in [0.717, 1.165) is 42.9 Å². The summed E-state index contributed by atoms with van der Waals surface area (Å²) in [4.78, 5) is 0. The lowest BCUT2D eigenvalue weighted by molar-refractivity contribution is 0.162. The van der Waals surface area contributed by atoms with Crippen LogP contribution in [0.1, 0.15) is 24.0 Å². The van der Waals surface area contributed by atoms with Crippen LogP contribution in [-0.4, -0.2) is 20.4 Å². The Hall–Kier alpha value is -1.26. The van der Waals surface area contributed by atoms with E-state index in [1.165, 1.54) is 5.56 Å². The van der Waals surface area contributed by atoms with Crippen LogP contribution in [0.3, 0.4) is 0 Å². The predicted octanol–water partition coefficient (Wildman–Crippen LogP) is 1.84. The highest BCUT2D eigenvalue weighted by molar-refractivity contribution is 5.52. The minimum atomic E-state index is 0.304. The van der Waals surface area contributed by atoms with Gasteiger partial charge in [-0.05, 0) is 37.4 Å². The first-order valence-corrected chi connectivity index (χ1v) is 5.96. The standard InChI is InChI=1S/C13H19NO3/c1-15-8-11-10(4-2-3-7-14)5-6-12-13(11)17-9-16-12/h5-6H,2-4,7-9,14H2,1H3. The fourth-order valence-electron chi connectivity index (χ4n) is 2.07. The van der Waals surface area contributed by atoms with Crippen molar-refractivity contribution in [2.45, 2.75) is 25.9 Å². The van der Waals surface area contributed by atoms with Gasteiger partial charge in [0.2, 0.25) is 6.79 Å². The van der Waals surface area contributed by atoms with E-state index in [1.807, 2.05) is 6.07 Å². The van der Waals surface area contributed by atoms with Gasteiger partial charge in [-0.15, -0.1) is 0 Å². The maximum Gasteiger partial charge on any atom is 0.231 e. The highest BCUT2D eigenvalue weighted by atomic mass is 16.7. The monoisotopic (exact) mass is 237 g/mol. The van der Waals surface area contributed by atoms with Gasteiger partial charge in [-0.25, -0.2) is 0 Å². The highest BCUT2D eigenvalue weighted by Gasteiger charge is 2.20. The number of hydrogen-bond donors (Lipinski definition) is 1. The lowest BCUT2D eigenvalue weighted by atomic mass is 10.0. The van der Waals surface area contributed by atoms with Crippen molar-refractivity contribution in [1.29, 1.82) is 0 Å². The summed E-state index contributed by atoms with van der Waals surface area (Å²) in [5.41, 5.74) is 7.89. The van der Waals surface area contributed by atoms with E-state index in [2.05, 4.69) is 6.07 Å². The van der Waals surface area contributed by atoms with Gasteiger partial charge in [0.25, 0.3) is 0 Å². The third kappa shape index (κ3) is 2.70. The zero-order valence-corrected chi connectivity index (χ0v) is 10.2. The lowest BCUT2D eigenvalue weighted by Gasteiger charge is -2.11. The Morgan fingerprint density at radius 1 is 1.29 bits per heavy atom. The van der Waals surface area contributed by atoms with E-state index in [9.17, 15) is 0 Å². The molecule has 0 unspecified atom stereocenters. The molecule has 0 amide bonds. The van der Waals surface area contributed by atoms with Crippen LogP contribution >= 0.6 is 0 Å². The first-order chi connectivity index (χ1) is 8.36. The number of aryl methyl sites for hydroxylation is 1. The van der Waals surface area contributed by atoms with Crippen molar-refractivity contribution < 1.29 is 14.2 Å². The molecule has 4 nitrogen and oxygen atoms in total. The van der Waals surface area contributed by atoms with Crippen LogP contribution in [0.5, 0.6) is 11.5 Å². The first kappa shape index (κ1) is 12.2. The summed E-state index contributed by atoms with van der Waals surface area (Å²) in [6, 6.07) is 4.07. The molecule has 1 aliphatic heterocycles. The number of rotatable bonds is 6. The minimum Gasteiger partial charge on any atom is -0.454 e. The molecule has 0 atom stereocenters. The molecule has 1 aliphatic rings. The molecule has 2 rings (SSSR count). The molecule has 0 saturated heterocycles. The van der Waals surface area contributed by atoms with E-state index in [4.69, 9.17) is 19.9 Å². The Morgan fingerprint density at radius 2 is 2.18 bits per heavy atom. The molecule has 94 valence electrons. The number of methoxy groups -OCH3 is 1. The second-order valence-electron chi connectivity index (χ2n) is 4.12. The average molecular weight is 237 g/mol. The number of unbranched alkanes of at least 4 members (excludes halogenated alkanes) is 1. The molecule has 1 aromatic carbocycles. The molecule has 0 aromatic heterocycles. The van der Waals surface area contributed by atoms with E-state index in [1.54, 1.807) is 7.11 Å².